The standard InChI is InChI=1S/C8H7Br2NO/c1-2-7(12)8-5(9)3-11-4-6(8)10/h2-4,7,12H,1H2. The lowest BCUT2D eigenvalue weighted by Gasteiger charge is -2.09. The molecule has 1 N–H and O–H groups in total. The van der Waals surface area contributed by atoms with Crippen LogP contribution >= 0.6 is 31.9 Å². The normalized spacial score (nSPS) is 12.6. The van der Waals surface area contributed by atoms with Gasteiger partial charge in [-0.3, -0.25) is 4.98 Å². The Labute approximate surface area is 87.6 Å². The minimum Gasteiger partial charge on any atom is -0.384 e. The second kappa shape index (κ2) is 4.16. The topological polar surface area (TPSA) is 33.1 Å². The summed E-state index contributed by atoms with van der Waals surface area (Å²) in [6, 6.07) is 0. The monoisotopic (exact) mass is 291 g/mol. The molecule has 0 fully saturated rings. The number of pyridine rings is 1. The number of aromatic nitrogens is 1. The van der Waals surface area contributed by atoms with Gasteiger partial charge < -0.3 is 5.11 Å². The van der Waals surface area contributed by atoms with Crippen LogP contribution in [-0.4, -0.2) is 10.1 Å². The van der Waals surface area contributed by atoms with Gasteiger partial charge in [0.25, 0.3) is 0 Å². The molecule has 0 aromatic carbocycles. The molecule has 12 heavy (non-hydrogen) atoms. The van der Waals surface area contributed by atoms with Crippen LogP contribution in [0, 0.1) is 0 Å². The molecule has 1 rings (SSSR count). The molecule has 1 aromatic heterocycles. The van der Waals surface area contributed by atoms with Crippen LogP contribution in [-0.2, 0) is 0 Å². The van der Waals surface area contributed by atoms with Crippen molar-refractivity contribution >= 4 is 31.9 Å². The van der Waals surface area contributed by atoms with Crippen molar-refractivity contribution < 1.29 is 5.11 Å². The molecular weight excluding hydrogens is 286 g/mol. The van der Waals surface area contributed by atoms with Gasteiger partial charge in [-0.2, -0.15) is 0 Å². The van der Waals surface area contributed by atoms with Crippen molar-refractivity contribution in [1.29, 1.82) is 0 Å². The quantitative estimate of drug-likeness (QED) is 0.851. The van der Waals surface area contributed by atoms with E-state index in [1.807, 2.05) is 0 Å². The van der Waals surface area contributed by atoms with Crippen molar-refractivity contribution in [3.8, 4) is 0 Å². The van der Waals surface area contributed by atoms with Gasteiger partial charge in [-0.15, -0.1) is 6.58 Å². The van der Waals surface area contributed by atoms with Crippen molar-refractivity contribution in [3.63, 3.8) is 0 Å². The average molecular weight is 293 g/mol. The number of aliphatic hydroxyl groups is 1. The van der Waals surface area contributed by atoms with Crippen LogP contribution in [0.4, 0.5) is 0 Å². The second-order valence-corrected chi connectivity index (χ2v) is 3.91. The summed E-state index contributed by atoms with van der Waals surface area (Å²) in [7, 11) is 0. The van der Waals surface area contributed by atoms with E-state index in [4.69, 9.17) is 0 Å². The SMILES string of the molecule is C=CC(O)c1c(Br)cncc1Br. The zero-order chi connectivity index (χ0) is 9.14. The Morgan fingerprint density at radius 3 is 2.33 bits per heavy atom. The van der Waals surface area contributed by atoms with Gasteiger partial charge in [-0.05, 0) is 31.9 Å². The van der Waals surface area contributed by atoms with E-state index in [0.29, 0.717) is 0 Å². The maximum absolute atomic E-state index is 9.49. The van der Waals surface area contributed by atoms with Crippen LogP contribution in [0.15, 0.2) is 34.0 Å². The first kappa shape index (κ1) is 9.89. The minimum atomic E-state index is -0.670. The van der Waals surface area contributed by atoms with E-state index in [0.717, 1.165) is 14.5 Å². The molecule has 0 aliphatic heterocycles. The molecule has 1 aromatic rings. The lowest BCUT2D eigenvalue weighted by Crippen LogP contribution is -1.96. The summed E-state index contributed by atoms with van der Waals surface area (Å²) in [6.45, 7) is 3.51. The molecule has 0 aliphatic rings. The van der Waals surface area contributed by atoms with Crippen molar-refractivity contribution in [2.75, 3.05) is 0 Å². The van der Waals surface area contributed by atoms with Gasteiger partial charge >= 0.3 is 0 Å². The molecule has 2 nitrogen and oxygen atoms in total. The second-order valence-electron chi connectivity index (χ2n) is 2.20. The van der Waals surface area contributed by atoms with E-state index in [-0.39, 0.29) is 0 Å². The Bertz CT molecular complexity index is 281. The van der Waals surface area contributed by atoms with Crippen LogP contribution in [0.3, 0.4) is 0 Å². The largest absolute Gasteiger partial charge is 0.384 e. The highest BCUT2D eigenvalue weighted by atomic mass is 79.9. The van der Waals surface area contributed by atoms with E-state index in [9.17, 15) is 5.11 Å². The summed E-state index contributed by atoms with van der Waals surface area (Å²) >= 11 is 6.58. The summed E-state index contributed by atoms with van der Waals surface area (Å²) in [5.41, 5.74) is 0.750. The predicted molar refractivity (Wildman–Crippen MR) is 54.8 cm³/mol. The van der Waals surface area contributed by atoms with E-state index in [2.05, 4.69) is 43.4 Å². The van der Waals surface area contributed by atoms with Crippen molar-refractivity contribution in [2.45, 2.75) is 6.10 Å². The Kier molecular flexibility index (Phi) is 3.43. The lowest BCUT2D eigenvalue weighted by molar-refractivity contribution is 0.227. The van der Waals surface area contributed by atoms with Gasteiger partial charge in [0.05, 0.1) is 6.10 Å². The summed E-state index contributed by atoms with van der Waals surface area (Å²) < 4.78 is 1.54. The maximum atomic E-state index is 9.49. The third-order valence-corrected chi connectivity index (χ3v) is 2.67. The number of nitrogens with zero attached hydrogens (tertiary/aromatic N) is 1. The number of hydrogen-bond donors (Lipinski definition) is 1. The predicted octanol–water partition coefficient (Wildman–Crippen LogP) is 2.83. The van der Waals surface area contributed by atoms with Crippen LogP contribution < -0.4 is 0 Å². The molecule has 1 unspecified atom stereocenters. The molecule has 0 radical (unpaired) electrons. The summed E-state index contributed by atoms with van der Waals surface area (Å²) in [5, 5.41) is 9.49. The Morgan fingerprint density at radius 2 is 1.92 bits per heavy atom. The van der Waals surface area contributed by atoms with E-state index < -0.39 is 6.10 Å². The lowest BCUT2D eigenvalue weighted by atomic mass is 10.1. The van der Waals surface area contributed by atoms with E-state index in [1.54, 1.807) is 12.4 Å². The fourth-order valence-corrected chi connectivity index (χ4v) is 2.22. The fourth-order valence-electron chi connectivity index (χ4n) is 0.822. The molecule has 1 heterocycles. The number of aliphatic hydroxyl groups excluding tert-OH is 1. The highest BCUT2D eigenvalue weighted by Crippen LogP contribution is 2.29. The first-order chi connectivity index (χ1) is 5.66. The van der Waals surface area contributed by atoms with Gasteiger partial charge in [0.2, 0.25) is 0 Å². The van der Waals surface area contributed by atoms with E-state index in [1.165, 1.54) is 6.08 Å². The zero-order valence-corrected chi connectivity index (χ0v) is 9.34. The zero-order valence-electron chi connectivity index (χ0n) is 6.17. The van der Waals surface area contributed by atoms with Crippen molar-refractivity contribution in [2.24, 2.45) is 0 Å². The van der Waals surface area contributed by atoms with Gasteiger partial charge in [0.15, 0.2) is 0 Å². The molecule has 0 aliphatic carbocycles. The highest BCUT2D eigenvalue weighted by molar-refractivity contribution is 9.11. The number of rotatable bonds is 2. The molecule has 1 atom stereocenters. The third kappa shape index (κ3) is 1.94. The summed E-state index contributed by atoms with van der Waals surface area (Å²) in [6.07, 6.45) is 4.06. The molecule has 64 valence electrons. The molecule has 0 saturated heterocycles. The van der Waals surface area contributed by atoms with Crippen LogP contribution in [0.5, 0.6) is 0 Å². The maximum Gasteiger partial charge on any atom is 0.0992 e. The van der Waals surface area contributed by atoms with Crippen molar-refractivity contribution in [3.05, 3.63) is 39.6 Å². The summed E-state index contributed by atoms with van der Waals surface area (Å²) in [5.74, 6) is 0. The molecule has 0 bridgehead atoms. The van der Waals surface area contributed by atoms with Gasteiger partial charge in [0.1, 0.15) is 0 Å². The number of halogens is 2. The molecule has 0 spiro atoms. The minimum absolute atomic E-state index is 0.670. The highest BCUT2D eigenvalue weighted by Gasteiger charge is 2.11. The number of hydrogen-bond acceptors (Lipinski definition) is 2. The molecule has 0 saturated carbocycles. The molecule has 0 amide bonds. The first-order valence-electron chi connectivity index (χ1n) is 3.26. The molecule has 4 heteroatoms. The van der Waals surface area contributed by atoms with Crippen LogP contribution in [0.2, 0.25) is 0 Å². The summed E-state index contributed by atoms with van der Waals surface area (Å²) in [4.78, 5) is 3.92. The first-order valence-corrected chi connectivity index (χ1v) is 4.85. The van der Waals surface area contributed by atoms with Crippen LogP contribution in [0.1, 0.15) is 11.7 Å². The Morgan fingerprint density at radius 1 is 1.42 bits per heavy atom. The van der Waals surface area contributed by atoms with Crippen LogP contribution in [0.25, 0.3) is 0 Å². The average Bonchev–Trinajstić information content (AvgIpc) is 2.03. The fraction of sp³-hybridized carbons (Fsp3) is 0.125. The Hall–Kier alpha value is -0.190. The van der Waals surface area contributed by atoms with Crippen molar-refractivity contribution in [1.82, 2.24) is 4.98 Å². The van der Waals surface area contributed by atoms with Gasteiger partial charge in [-0.25, -0.2) is 0 Å². The van der Waals surface area contributed by atoms with Gasteiger partial charge in [-0.1, -0.05) is 6.08 Å². The molecular formula is C8H7Br2NO. The smallest absolute Gasteiger partial charge is 0.0992 e. The van der Waals surface area contributed by atoms with Gasteiger partial charge in [0, 0.05) is 26.9 Å². The Balaban J connectivity index is 3.20. The third-order valence-electron chi connectivity index (χ3n) is 1.41. The van der Waals surface area contributed by atoms with E-state index >= 15 is 0 Å².